The summed E-state index contributed by atoms with van der Waals surface area (Å²) in [6.07, 6.45) is 2.86. The number of nitrogens with one attached hydrogen (secondary N) is 2. The van der Waals surface area contributed by atoms with Gasteiger partial charge in [-0.3, -0.25) is 0 Å². The Kier molecular flexibility index (Phi) is 4.41. The standard InChI is InChI=1S/C11H22N2O3S/c1-2-11-9(4-6-16-11)7-13-17(14,15)10-3-5-12-8-10/h9-13H,2-8H2,1H3. The third-order valence-electron chi connectivity index (χ3n) is 3.75. The molecule has 2 rings (SSSR count). The van der Waals surface area contributed by atoms with E-state index in [1.54, 1.807) is 0 Å². The first kappa shape index (κ1) is 13.3. The van der Waals surface area contributed by atoms with Gasteiger partial charge in [0.15, 0.2) is 0 Å². The fourth-order valence-electron chi connectivity index (χ4n) is 2.61. The number of rotatable bonds is 5. The van der Waals surface area contributed by atoms with Gasteiger partial charge in [-0.05, 0) is 25.8 Å². The molecule has 5 nitrogen and oxygen atoms in total. The van der Waals surface area contributed by atoms with E-state index < -0.39 is 10.0 Å². The van der Waals surface area contributed by atoms with Gasteiger partial charge in [-0.15, -0.1) is 0 Å². The lowest BCUT2D eigenvalue weighted by Gasteiger charge is -2.18. The highest BCUT2D eigenvalue weighted by Crippen LogP contribution is 2.23. The second kappa shape index (κ2) is 5.65. The minimum Gasteiger partial charge on any atom is -0.378 e. The summed E-state index contributed by atoms with van der Waals surface area (Å²) in [6.45, 7) is 4.75. The summed E-state index contributed by atoms with van der Waals surface area (Å²) < 4.78 is 32.3. The molecule has 0 amide bonds. The predicted octanol–water partition coefficient (Wildman–Crippen LogP) is 0.0828. The van der Waals surface area contributed by atoms with Gasteiger partial charge in [0.25, 0.3) is 0 Å². The van der Waals surface area contributed by atoms with Gasteiger partial charge in [-0.25, -0.2) is 13.1 Å². The van der Waals surface area contributed by atoms with E-state index in [1.165, 1.54) is 0 Å². The molecule has 0 radical (unpaired) electrons. The van der Waals surface area contributed by atoms with Crippen LogP contribution in [0.5, 0.6) is 0 Å². The Balaban J connectivity index is 1.84. The van der Waals surface area contributed by atoms with Crippen molar-refractivity contribution in [3.63, 3.8) is 0 Å². The molecule has 2 fully saturated rings. The number of hydrogen-bond donors (Lipinski definition) is 2. The Hall–Kier alpha value is -0.170. The van der Waals surface area contributed by atoms with Crippen molar-refractivity contribution in [1.29, 1.82) is 0 Å². The van der Waals surface area contributed by atoms with Crippen molar-refractivity contribution in [1.82, 2.24) is 10.0 Å². The van der Waals surface area contributed by atoms with Gasteiger partial charge in [-0.1, -0.05) is 6.92 Å². The van der Waals surface area contributed by atoms with E-state index in [4.69, 9.17) is 4.74 Å². The van der Waals surface area contributed by atoms with E-state index in [0.29, 0.717) is 25.4 Å². The van der Waals surface area contributed by atoms with Crippen LogP contribution in [0.25, 0.3) is 0 Å². The Bertz CT molecular complexity index is 339. The van der Waals surface area contributed by atoms with Crippen molar-refractivity contribution in [2.24, 2.45) is 5.92 Å². The van der Waals surface area contributed by atoms with Gasteiger partial charge in [0.1, 0.15) is 0 Å². The van der Waals surface area contributed by atoms with Crippen molar-refractivity contribution >= 4 is 10.0 Å². The third-order valence-corrected chi connectivity index (χ3v) is 5.60. The molecule has 3 unspecified atom stereocenters. The molecule has 0 bridgehead atoms. The molecule has 0 aromatic rings. The SMILES string of the molecule is CCC1OCCC1CNS(=O)(=O)C1CCNC1. The van der Waals surface area contributed by atoms with Crippen LogP contribution in [0.3, 0.4) is 0 Å². The van der Waals surface area contributed by atoms with Crippen LogP contribution >= 0.6 is 0 Å². The van der Waals surface area contributed by atoms with Crippen LogP contribution in [0.4, 0.5) is 0 Å². The van der Waals surface area contributed by atoms with Crippen molar-refractivity contribution in [2.45, 2.75) is 37.5 Å². The van der Waals surface area contributed by atoms with Crippen molar-refractivity contribution in [2.75, 3.05) is 26.2 Å². The molecule has 2 aliphatic heterocycles. The van der Waals surface area contributed by atoms with Crippen LogP contribution < -0.4 is 10.0 Å². The average molecular weight is 262 g/mol. The summed E-state index contributed by atoms with van der Waals surface area (Å²) in [7, 11) is -3.15. The van der Waals surface area contributed by atoms with Crippen LogP contribution in [0.15, 0.2) is 0 Å². The van der Waals surface area contributed by atoms with E-state index >= 15 is 0 Å². The lowest BCUT2D eigenvalue weighted by Crippen LogP contribution is -2.39. The third kappa shape index (κ3) is 3.19. The van der Waals surface area contributed by atoms with Crippen molar-refractivity contribution < 1.29 is 13.2 Å². The minimum atomic E-state index is -3.15. The summed E-state index contributed by atoms with van der Waals surface area (Å²) in [6, 6.07) is 0. The molecule has 2 aliphatic rings. The Morgan fingerprint density at radius 3 is 2.88 bits per heavy atom. The second-order valence-electron chi connectivity index (χ2n) is 4.87. The van der Waals surface area contributed by atoms with E-state index in [2.05, 4.69) is 17.0 Å². The number of sulfonamides is 1. The predicted molar refractivity (Wildman–Crippen MR) is 66.3 cm³/mol. The summed E-state index contributed by atoms with van der Waals surface area (Å²) in [4.78, 5) is 0. The highest BCUT2D eigenvalue weighted by Gasteiger charge is 2.31. The van der Waals surface area contributed by atoms with Crippen LogP contribution in [-0.2, 0) is 14.8 Å². The molecule has 0 spiro atoms. The number of hydrogen-bond acceptors (Lipinski definition) is 4. The van der Waals surface area contributed by atoms with Crippen molar-refractivity contribution in [3.05, 3.63) is 0 Å². The second-order valence-corrected chi connectivity index (χ2v) is 6.92. The van der Waals surface area contributed by atoms with Crippen LogP contribution in [-0.4, -0.2) is 46.0 Å². The fraction of sp³-hybridized carbons (Fsp3) is 1.00. The fourth-order valence-corrected chi connectivity index (χ4v) is 4.06. The molecule has 0 aromatic heterocycles. The summed E-state index contributed by atoms with van der Waals surface area (Å²) >= 11 is 0. The molecule has 0 aromatic carbocycles. The Labute approximate surface area is 103 Å². The molecule has 100 valence electrons. The molecule has 6 heteroatoms. The Morgan fingerprint density at radius 2 is 2.24 bits per heavy atom. The lowest BCUT2D eigenvalue weighted by molar-refractivity contribution is 0.0884. The summed E-state index contributed by atoms with van der Waals surface area (Å²) in [5, 5.41) is 2.82. The van der Waals surface area contributed by atoms with Gasteiger partial charge in [-0.2, -0.15) is 0 Å². The zero-order valence-corrected chi connectivity index (χ0v) is 11.1. The zero-order chi connectivity index (χ0) is 12.3. The van der Waals surface area contributed by atoms with Crippen LogP contribution in [0, 0.1) is 5.92 Å². The highest BCUT2D eigenvalue weighted by atomic mass is 32.2. The molecule has 3 atom stereocenters. The average Bonchev–Trinajstić information content (AvgIpc) is 2.97. The van der Waals surface area contributed by atoms with Crippen molar-refractivity contribution in [3.8, 4) is 0 Å². The monoisotopic (exact) mass is 262 g/mol. The largest absolute Gasteiger partial charge is 0.378 e. The summed E-state index contributed by atoms with van der Waals surface area (Å²) in [5.74, 6) is 0.337. The molecule has 17 heavy (non-hydrogen) atoms. The van der Waals surface area contributed by atoms with E-state index in [0.717, 1.165) is 26.0 Å². The van der Waals surface area contributed by atoms with E-state index in [9.17, 15) is 8.42 Å². The highest BCUT2D eigenvalue weighted by molar-refractivity contribution is 7.90. The molecule has 0 aliphatic carbocycles. The van der Waals surface area contributed by atoms with E-state index in [-0.39, 0.29) is 11.4 Å². The normalized spacial score (nSPS) is 34.3. The summed E-state index contributed by atoms with van der Waals surface area (Å²) in [5.41, 5.74) is 0. The number of ether oxygens (including phenoxy) is 1. The topological polar surface area (TPSA) is 67.4 Å². The van der Waals surface area contributed by atoms with Gasteiger partial charge in [0.05, 0.1) is 11.4 Å². The zero-order valence-electron chi connectivity index (χ0n) is 10.3. The molecule has 2 saturated heterocycles. The molecule has 2 N–H and O–H groups in total. The molecule has 2 heterocycles. The van der Waals surface area contributed by atoms with E-state index in [1.807, 2.05) is 0 Å². The van der Waals surface area contributed by atoms with Gasteiger partial charge in [0, 0.05) is 25.6 Å². The maximum atomic E-state index is 12.0. The van der Waals surface area contributed by atoms with Gasteiger partial charge in [0.2, 0.25) is 10.0 Å². The van der Waals surface area contributed by atoms with Crippen LogP contribution in [0.1, 0.15) is 26.2 Å². The smallest absolute Gasteiger partial charge is 0.215 e. The first-order valence-electron chi connectivity index (χ1n) is 6.44. The molecule has 0 saturated carbocycles. The molecular weight excluding hydrogens is 240 g/mol. The quantitative estimate of drug-likeness (QED) is 0.736. The first-order valence-corrected chi connectivity index (χ1v) is 7.99. The van der Waals surface area contributed by atoms with Crippen LogP contribution in [0.2, 0.25) is 0 Å². The van der Waals surface area contributed by atoms with Gasteiger partial charge >= 0.3 is 0 Å². The lowest BCUT2D eigenvalue weighted by atomic mass is 10.0. The van der Waals surface area contributed by atoms with Gasteiger partial charge < -0.3 is 10.1 Å². The maximum Gasteiger partial charge on any atom is 0.215 e. The maximum absolute atomic E-state index is 12.0. The Morgan fingerprint density at radius 1 is 1.41 bits per heavy atom. The molecular formula is C11H22N2O3S. The first-order chi connectivity index (χ1) is 8.13. The minimum absolute atomic E-state index is 0.222.